The van der Waals surface area contributed by atoms with Gasteiger partial charge in [0.2, 0.25) is 5.91 Å². The summed E-state index contributed by atoms with van der Waals surface area (Å²) in [6, 6.07) is 15.0. The lowest BCUT2D eigenvalue weighted by Gasteiger charge is -2.24. The standard InChI is InChI=1S/C23H22ClN3O3S/c1-13(2)30-17-8-6-15(7-9-17)18-11-19(28)25-21-20(18)22(29)27-23(26-21)31-12-14-4-3-5-16(24)10-14/h3-10,13,18H,11-12H2,1-2H3,(H2,25,26,27,28,29)/t18-/m1/s1. The minimum Gasteiger partial charge on any atom is -0.491 e. The second-order valence-corrected chi connectivity index (χ2v) is 8.99. The third kappa shape index (κ3) is 5.11. The predicted octanol–water partition coefficient (Wildman–Crippen LogP) is 4.98. The van der Waals surface area contributed by atoms with E-state index in [1.54, 1.807) is 0 Å². The molecule has 6 nitrogen and oxygen atoms in total. The minimum atomic E-state index is -0.361. The summed E-state index contributed by atoms with van der Waals surface area (Å²) in [5.74, 6) is 1.14. The Labute approximate surface area is 189 Å². The van der Waals surface area contributed by atoms with Crippen LogP contribution in [0.25, 0.3) is 0 Å². The van der Waals surface area contributed by atoms with E-state index in [0.29, 0.717) is 27.3 Å². The van der Waals surface area contributed by atoms with Crippen molar-refractivity contribution in [2.24, 2.45) is 0 Å². The summed E-state index contributed by atoms with van der Waals surface area (Å²) in [6.45, 7) is 3.92. The number of ether oxygens (including phenoxy) is 1. The molecule has 0 saturated heterocycles. The number of nitrogens with one attached hydrogen (secondary N) is 2. The molecule has 8 heteroatoms. The van der Waals surface area contributed by atoms with Crippen LogP contribution in [-0.2, 0) is 10.5 Å². The first-order chi connectivity index (χ1) is 14.9. The molecule has 1 aliphatic heterocycles. The minimum absolute atomic E-state index is 0.0712. The summed E-state index contributed by atoms with van der Waals surface area (Å²) in [4.78, 5) is 32.7. The first-order valence-corrected chi connectivity index (χ1v) is 11.3. The van der Waals surface area contributed by atoms with Crippen molar-refractivity contribution in [3.05, 3.63) is 80.6 Å². The summed E-state index contributed by atoms with van der Waals surface area (Å²) in [5.41, 5.74) is 2.12. The fourth-order valence-corrected chi connectivity index (χ4v) is 4.55. The number of fused-ring (bicyclic) bond motifs is 1. The van der Waals surface area contributed by atoms with E-state index in [9.17, 15) is 9.59 Å². The number of amides is 1. The van der Waals surface area contributed by atoms with E-state index < -0.39 is 0 Å². The van der Waals surface area contributed by atoms with Crippen molar-refractivity contribution in [2.45, 2.75) is 43.2 Å². The first kappa shape index (κ1) is 21.5. The monoisotopic (exact) mass is 455 g/mol. The van der Waals surface area contributed by atoms with Gasteiger partial charge in [-0.25, -0.2) is 4.98 Å². The molecule has 1 aliphatic rings. The fourth-order valence-electron chi connectivity index (χ4n) is 3.53. The molecule has 1 aromatic heterocycles. The van der Waals surface area contributed by atoms with Gasteiger partial charge in [0.25, 0.3) is 5.56 Å². The summed E-state index contributed by atoms with van der Waals surface area (Å²) >= 11 is 7.42. The second-order valence-electron chi connectivity index (χ2n) is 7.59. The number of hydrogen-bond acceptors (Lipinski definition) is 5. The average Bonchev–Trinajstić information content (AvgIpc) is 2.71. The van der Waals surface area contributed by atoms with Crippen LogP contribution in [0.2, 0.25) is 5.02 Å². The van der Waals surface area contributed by atoms with Gasteiger partial charge in [-0.2, -0.15) is 0 Å². The van der Waals surface area contributed by atoms with Crippen LogP contribution < -0.4 is 15.6 Å². The maximum absolute atomic E-state index is 12.9. The number of H-pyrrole nitrogens is 1. The van der Waals surface area contributed by atoms with Gasteiger partial charge < -0.3 is 15.0 Å². The summed E-state index contributed by atoms with van der Waals surface area (Å²) in [7, 11) is 0. The van der Waals surface area contributed by atoms with Crippen LogP contribution in [0, 0.1) is 0 Å². The average molecular weight is 456 g/mol. The molecule has 0 bridgehead atoms. The number of aromatic nitrogens is 2. The number of hydrogen-bond donors (Lipinski definition) is 2. The molecule has 1 amide bonds. The molecular weight excluding hydrogens is 434 g/mol. The molecular formula is C23H22ClN3O3S. The van der Waals surface area contributed by atoms with Crippen molar-refractivity contribution in [2.75, 3.05) is 5.32 Å². The van der Waals surface area contributed by atoms with Gasteiger partial charge >= 0.3 is 0 Å². The zero-order valence-corrected chi connectivity index (χ0v) is 18.7. The van der Waals surface area contributed by atoms with Gasteiger partial charge in [-0.3, -0.25) is 9.59 Å². The quantitative estimate of drug-likeness (QED) is 0.404. The van der Waals surface area contributed by atoms with Crippen molar-refractivity contribution in [1.82, 2.24) is 9.97 Å². The highest BCUT2D eigenvalue weighted by atomic mass is 35.5. The summed E-state index contributed by atoms with van der Waals surface area (Å²) in [5, 5.41) is 3.86. The molecule has 0 unspecified atom stereocenters. The molecule has 3 aromatic rings. The maximum Gasteiger partial charge on any atom is 0.257 e. The van der Waals surface area contributed by atoms with E-state index in [1.165, 1.54) is 11.8 Å². The van der Waals surface area contributed by atoms with Gasteiger partial charge in [-0.05, 0) is 49.2 Å². The zero-order chi connectivity index (χ0) is 22.0. The van der Waals surface area contributed by atoms with Crippen molar-refractivity contribution in [3.63, 3.8) is 0 Å². The van der Waals surface area contributed by atoms with Crippen molar-refractivity contribution < 1.29 is 9.53 Å². The highest BCUT2D eigenvalue weighted by Gasteiger charge is 2.31. The number of aromatic amines is 1. The van der Waals surface area contributed by atoms with Crippen molar-refractivity contribution >= 4 is 35.1 Å². The molecule has 0 saturated carbocycles. The van der Waals surface area contributed by atoms with Crippen LogP contribution >= 0.6 is 23.4 Å². The Balaban J connectivity index is 1.60. The molecule has 0 radical (unpaired) electrons. The van der Waals surface area contributed by atoms with E-state index in [1.807, 2.05) is 62.4 Å². The highest BCUT2D eigenvalue weighted by Crippen LogP contribution is 2.35. The van der Waals surface area contributed by atoms with Gasteiger partial charge in [0.1, 0.15) is 11.6 Å². The Hall–Kier alpha value is -2.77. The Kier molecular flexibility index (Phi) is 6.34. The fraction of sp³-hybridized carbons (Fsp3) is 0.261. The lowest BCUT2D eigenvalue weighted by molar-refractivity contribution is -0.116. The lowest BCUT2D eigenvalue weighted by atomic mass is 9.87. The molecule has 2 heterocycles. The molecule has 0 fully saturated rings. The van der Waals surface area contributed by atoms with Crippen LogP contribution in [0.1, 0.15) is 42.9 Å². The smallest absolute Gasteiger partial charge is 0.257 e. The topological polar surface area (TPSA) is 84.1 Å². The van der Waals surface area contributed by atoms with E-state index in [-0.39, 0.29) is 29.9 Å². The van der Waals surface area contributed by atoms with E-state index in [2.05, 4.69) is 15.3 Å². The Bertz CT molecular complexity index is 1160. The van der Waals surface area contributed by atoms with Crippen molar-refractivity contribution in [3.8, 4) is 5.75 Å². The molecule has 0 spiro atoms. The molecule has 0 aliphatic carbocycles. The normalized spacial score (nSPS) is 15.5. The summed E-state index contributed by atoms with van der Waals surface area (Å²) in [6.07, 6.45) is 0.263. The van der Waals surface area contributed by atoms with Gasteiger partial charge in [0.15, 0.2) is 5.16 Å². The van der Waals surface area contributed by atoms with Gasteiger partial charge in [0, 0.05) is 23.1 Å². The van der Waals surface area contributed by atoms with E-state index >= 15 is 0 Å². The number of carbonyl (C=O) groups excluding carboxylic acids is 1. The Morgan fingerprint density at radius 2 is 1.97 bits per heavy atom. The number of carbonyl (C=O) groups is 1. The molecule has 2 N–H and O–H groups in total. The number of thioether (sulfide) groups is 1. The molecule has 160 valence electrons. The SMILES string of the molecule is CC(C)Oc1ccc([C@H]2CC(=O)Nc3nc(SCc4cccc(Cl)c4)[nH]c(=O)c32)cc1. The molecule has 4 rings (SSSR count). The van der Waals surface area contributed by atoms with Gasteiger partial charge in [-0.15, -0.1) is 0 Å². The number of rotatable bonds is 6. The largest absolute Gasteiger partial charge is 0.491 e. The first-order valence-electron chi connectivity index (χ1n) is 9.97. The van der Waals surface area contributed by atoms with Crippen LogP contribution in [-0.4, -0.2) is 22.0 Å². The third-order valence-electron chi connectivity index (χ3n) is 4.85. The maximum atomic E-state index is 12.9. The number of benzene rings is 2. The Morgan fingerprint density at radius 3 is 2.68 bits per heavy atom. The zero-order valence-electron chi connectivity index (χ0n) is 17.1. The predicted molar refractivity (Wildman–Crippen MR) is 123 cm³/mol. The second kappa shape index (κ2) is 9.16. The van der Waals surface area contributed by atoms with Gasteiger partial charge in [0.05, 0.1) is 11.7 Å². The molecule has 1 atom stereocenters. The van der Waals surface area contributed by atoms with Crippen LogP contribution in [0.15, 0.2) is 58.5 Å². The Morgan fingerprint density at radius 1 is 1.19 bits per heavy atom. The van der Waals surface area contributed by atoms with Gasteiger partial charge in [-0.1, -0.05) is 47.6 Å². The lowest BCUT2D eigenvalue weighted by Crippen LogP contribution is -2.31. The van der Waals surface area contributed by atoms with Crippen molar-refractivity contribution in [1.29, 1.82) is 0 Å². The number of anilines is 1. The van der Waals surface area contributed by atoms with Crippen LogP contribution in [0.3, 0.4) is 0 Å². The summed E-state index contributed by atoms with van der Waals surface area (Å²) < 4.78 is 5.69. The molecule has 31 heavy (non-hydrogen) atoms. The van der Waals surface area contributed by atoms with Crippen LogP contribution in [0.4, 0.5) is 5.82 Å². The highest BCUT2D eigenvalue weighted by molar-refractivity contribution is 7.98. The third-order valence-corrected chi connectivity index (χ3v) is 6.03. The van der Waals surface area contributed by atoms with Crippen LogP contribution in [0.5, 0.6) is 5.75 Å². The van der Waals surface area contributed by atoms with E-state index in [4.69, 9.17) is 16.3 Å². The number of halogens is 1. The number of nitrogens with zero attached hydrogens (tertiary/aromatic N) is 1. The molecule has 2 aromatic carbocycles. The van der Waals surface area contributed by atoms with E-state index in [0.717, 1.165) is 16.9 Å².